The fraction of sp³-hybridized carbons (Fsp3) is 0.810. The SMILES string of the molecule is COC(=O)[C@@H]1CC(=O)O[C@H](C)C/C=C\C=C\[C@H](O)[C@H](C)C[C@H](CC=O)[C@H](OC2O[C@H](C)[C@@H](OC3C[C@@](C)(O)[C@@H](OC(=O)CC(C)C)[C@H](C)O3)[C@H](N(C)C)[C@H]2O)[C@H]1OC. The van der Waals surface area contributed by atoms with Crippen LogP contribution >= 0.6 is 0 Å². The third-order valence-electron chi connectivity index (χ3n) is 11.2. The maximum absolute atomic E-state index is 13.4. The first-order chi connectivity index (χ1) is 27.2. The number of allylic oxidation sites excluding steroid dienone is 2. The van der Waals surface area contributed by atoms with Crippen molar-refractivity contribution in [2.75, 3.05) is 28.3 Å². The summed E-state index contributed by atoms with van der Waals surface area (Å²) in [5.41, 5.74) is -1.50. The first kappa shape index (κ1) is 49.6. The lowest BCUT2D eigenvalue weighted by molar-refractivity contribution is -0.343. The molecule has 16 atom stereocenters. The smallest absolute Gasteiger partial charge is 0.312 e. The molecule has 332 valence electrons. The van der Waals surface area contributed by atoms with E-state index in [1.54, 1.807) is 71.0 Å². The summed E-state index contributed by atoms with van der Waals surface area (Å²) >= 11 is 0. The number of carbonyl (C=O) groups is 4. The van der Waals surface area contributed by atoms with E-state index in [-0.39, 0.29) is 31.6 Å². The number of hydrogen-bond donors (Lipinski definition) is 3. The summed E-state index contributed by atoms with van der Waals surface area (Å²) in [6.45, 7) is 12.3. The Labute approximate surface area is 343 Å². The van der Waals surface area contributed by atoms with Crippen LogP contribution in [-0.4, -0.2) is 152 Å². The minimum atomic E-state index is -1.50. The van der Waals surface area contributed by atoms with Crippen molar-refractivity contribution in [1.82, 2.24) is 4.90 Å². The van der Waals surface area contributed by atoms with E-state index < -0.39 is 121 Å². The van der Waals surface area contributed by atoms with Crippen LogP contribution in [0.1, 0.15) is 87.0 Å². The maximum atomic E-state index is 13.4. The number of rotatable bonds is 12. The number of aliphatic hydroxyl groups is 3. The molecule has 0 radical (unpaired) electrons. The Hall–Kier alpha value is -2.80. The lowest BCUT2D eigenvalue weighted by Crippen LogP contribution is -2.66. The van der Waals surface area contributed by atoms with Crippen LogP contribution in [0.15, 0.2) is 24.3 Å². The van der Waals surface area contributed by atoms with Crippen molar-refractivity contribution < 1.29 is 72.4 Å². The minimum absolute atomic E-state index is 0.0486. The summed E-state index contributed by atoms with van der Waals surface area (Å²) in [6.07, 6.45) is -3.10. The van der Waals surface area contributed by atoms with E-state index in [2.05, 4.69) is 0 Å². The summed E-state index contributed by atoms with van der Waals surface area (Å²) < 4.78 is 48.0. The summed E-state index contributed by atoms with van der Waals surface area (Å²) in [5, 5.41) is 34.6. The molecule has 0 aromatic rings. The number of aldehydes is 1. The van der Waals surface area contributed by atoms with Crippen molar-refractivity contribution >= 4 is 24.2 Å². The van der Waals surface area contributed by atoms with Crippen molar-refractivity contribution in [3.05, 3.63) is 24.3 Å². The Morgan fingerprint density at radius 1 is 1.02 bits per heavy atom. The van der Waals surface area contributed by atoms with Gasteiger partial charge in [-0.1, -0.05) is 45.1 Å². The number of cyclic esters (lactones) is 1. The molecule has 0 aromatic carbocycles. The van der Waals surface area contributed by atoms with Crippen LogP contribution < -0.4 is 0 Å². The molecule has 2 unspecified atom stereocenters. The molecule has 58 heavy (non-hydrogen) atoms. The van der Waals surface area contributed by atoms with Crippen LogP contribution in [0, 0.1) is 23.7 Å². The lowest BCUT2D eigenvalue weighted by atomic mass is 9.80. The van der Waals surface area contributed by atoms with Gasteiger partial charge in [-0.05, 0) is 66.0 Å². The molecular weight excluding hydrogens is 758 g/mol. The Balaban J connectivity index is 1.98. The predicted octanol–water partition coefficient (Wildman–Crippen LogP) is 2.87. The summed E-state index contributed by atoms with van der Waals surface area (Å²) in [7, 11) is 6.02. The second-order valence-electron chi connectivity index (χ2n) is 16.9. The van der Waals surface area contributed by atoms with Gasteiger partial charge in [0.15, 0.2) is 18.7 Å². The normalized spacial score (nSPS) is 40.7. The van der Waals surface area contributed by atoms with Gasteiger partial charge in [0.05, 0.1) is 56.0 Å². The summed E-state index contributed by atoms with van der Waals surface area (Å²) in [5.74, 6) is -4.22. The molecule has 0 saturated carbocycles. The van der Waals surface area contributed by atoms with Crippen molar-refractivity contribution in [2.45, 2.75) is 166 Å². The van der Waals surface area contributed by atoms with Gasteiger partial charge in [0.1, 0.15) is 30.2 Å². The van der Waals surface area contributed by atoms with Crippen LogP contribution in [-0.2, 0) is 57.1 Å². The summed E-state index contributed by atoms with van der Waals surface area (Å²) in [4.78, 5) is 53.3. The van der Waals surface area contributed by atoms with E-state index in [0.29, 0.717) is 12.7 Å². The zero-order valence-electron chi connectivity index (χ0n) is 36.1. The molecular formula is C42H69NO15. The van der Waals surface area contributed by atoms with Gasteiger partial charge in [-0.2, -0.15) is 0 Å². The summed E-state index contributed by atoms with van der Waals surface area (Å²) in [6, 6.07) is -0.789. The van der Waals surface area contributed by atoms with Gasteiger partial charge in [-0.15, -0.1) is 0 Å². The van der Waals surface area contributed by atoms with E-state index in [9.17, 15) is 34.5 Å². The molecule has 16 nitrogen and oxygen atoms in total. The van der Waals surface area contributed by atoms with Gasteiger partial charge >= 0.3 is 17.9 Å². The molecule has 0 aliphatic carbocycles. The van der Waals surface area contributed by atoms with E-state index >= 15 is 0 Å². The number of carbonyl (C=O) groups excluding carboxylic acids is 4. The predicted molar refractivity (Wildman–Crippen MR) is 210 cm³/mol. The Kier molecular flexibility index (Phi) is 19.4. The zero-order chi connectivity index (χ0) is 43.5. The lowest BCUT2D eigenvalue weighted by Gasteiger charge is -2.50. The fourth-order valence-corrected chi connectivity index (χ4v) is 8.17. The molecule has 0 amide bonds. The van der Waals surface area contributed by atoms with Crippen LogP contribution in [0.3, 0.4) is 0 Å². The molecule has 3 aliphatic rings. The first-order valence-electron chi connectivity index (χ1n) is 20.4. The van der Waals surface area contributed by atoms with E-state index in [4.69, 9.17) is 37.9 Å². The minimum Gasteiger partial charge on any atom is -0.469 e. The highest BCUT2D eigenvalue weighted by molar-refractivity contribution is 5.80. The largest absolute Gasteiger partial charge is 0.469 e. The molecule has 0 bridgehead atoms. The van der Waals surface area contributed by atoms with Crippen LogP contribution in [0.25, 0.3) is 0 Å². The van der Waals surface area contributed by atoms with Crippen molar-refractivity contribution in [2.24, 2.45) is 23.7 Å². The Morgan fingerprint density at radius 2 is 1.71 bits per heavy atom. The molecule has 3 rings (SSSR count). The fourth-order valence-electron chi connectivity index (χ4n) is 8.17. The van der Waals surface area contributed by atoms with E-state index in [1.165, 1.54) is 14.2 Å². The second-order valence-corrected chi connectivity index (χ2v) is 16.9. The number of ether oxygens (including phenoxy) is 8. The van der Waals surface area contributed by atoms with Crippen molar-refractivity contribution in [1.29, 1.82) is 0 Å². The molecule has 2 saturated heterocycles. The maximum Gasteiger partial charge on any atom is 0.312 e. The third kappa shape index (κ3) is 13.6. The average Bonchev–Trinajstić information content (AvgIpc) is 3.12. The Morgan fingerprint density at radius 3 is 2.29 bits per heavy atom. The molecule has 3 heterocycles. The third-order valence-corrected chi connectivity index (χ3v) is 11.2. The number of hydrogen-bond acceptors (Lipinski definition) is 16. The number of methoxy groups -OCH3 is 2. The molecule has 3 aliphatic heterocycles. The molecule has 3 N–H and O–H groups in total. The van der Waals surface area contributed by atoms with Crippen LogP contribution in [0.2, 0.25) is 0 Å². The van der Waals surface area contributed by atoms with Gasteiger partial charge in [0.25, 0.3) is 0 Å². The molecule has 0 spiro atoms. The molecule has 16 heteroatoms. The molecule has 2 fully saturated rings. The van der Waals surface area contributed by atoms with Gasteiger partial charge in [0.2, 0.25) is 0 Å². The highest BCUT2D eigenvalue weighted by Gasteiger charge is 2.53. The number of likely N-dealkylation sites (N-methyl/N-ethyl adjacent to an activating group) is 1. The van der Waals surface area contributed by atoms with Crippen molar-refractivity contribution in [3.63, 3.8) is 0 Å². The topological polar surface area (TPSA) is 206 Å². The van der Waals surface area contributed by atoms with Gasteiger partial charge in [-0.3, -0.25) is 14.4 Å². The van der Waals surface area contributed by atoms with Gasteiger partial charge in [0, 0.05) is 32.8 Å². The zero-order valence-corrected chi connectivity index (χ0v) is 36.1. The monoisotopic (exact) mass is 827 g/mol. The Bertz CT molecular complexity index is 1390. The number of esters is 3. The second kappa shape index (κ2) is 22.7. The van der Waals surface area contributed by atoms with E-state index in [1.807, 2.05) is 20.8 Å². The van der Waals surface area contributed by atoms with Crippen molar-refractivity contribution in [3.8, 4) is 0 Å². The highest BCUT2D eigenvalue weighted by atomic mass is 16.7. The van der Waals surface area contributed by atoms with E-state index in [0.717, 1.165) is 0 Å². The van der Waals surface area contributed by atoms with Gasteiger partial charge < -0.3 is 62.9 Å². The van der Waals surface area contributed by atoms with Crippen LogP contribution in [0.5, 0.6) is 0 Å². The van der Waals surface area contributed by atoms with Crippen LogP contribution in [0.4, 0.5) is 0 Å². The number of aliphatic hydroxyl groups excluding tert-OH is 2. The quantitative estimate of drug-likeness (QED) is 0.147. The highest BCUT2D eigenvalue weighted by Crippen LogP contribution is 2.38. The van der Waals surface area contributed by atoms with Gasteiger partial charge in [-0.25, -0.2) is 0 Å². The first-order valence-corrected chi connectivity index (χ1v) is 20.4. The number of nitrogens with zero attached hydrogens (tertiary/aromatic N) is 1. The average molecular weight is 828 g/mol. The standard InChI is InChI=1S/C42H69NO15/c1-23(2)19-31(46)56-39-27(6)54-33(22-42(39,7)50)57-36-26(5)55-41(35(48)34(36)43(8)9)58-37-28(17-18-44)20-24(3)30(45)16-14-12-13-15-25(4)53-32(47)21-29(38(37)51-10)40(49)52-11/h12-14,16,18,23-30,33-39,41,45,48,50H,15,17,19-22H2,1-11H3/b13-12-,16-14+/t24-,25-,26-,27+,28+,29-,30+,33?,34-,35-,36-,37+,38+,39+,41?,42-/m1/s1. The molecule has 0 aromatic heterocycles.